The number of carbonyl (C=O) groups excluding carboxylic acids is 2. The molecule has 136 valence electrons. The van der Waals surface area contributed by atoms with Gasteiger partial charge in [0.25, 0.3) is 11.5 Å². The van der Waals surface area contributed by atoms with E-state index in [9.17, 15) is 14.4 Å². The van der Waals surface area contributed by atoms with Crippen molar-refractivity contribution in [3.8, 4) is 0 Å². The number of aromatic nitrogens is 2. The lowest BCUT2D eigenvalue weighted by Crippen LogP contribution is -2.37. The van der Waals surface area contributed by atoms with Gasteiger partial charge in [-0.1, -0.05) is 19.1 Å². The molecule has 7 heteroatoms. The minimum atomic E-state index is -0.350. The van der Waals surface area contributed by atoms with Crippen molar-refractivity contribution < 1.29 is 9.59 Å². The zero-order valence-electron chi connectivity index (χ0n) is 15.0. The van der Waals surface area contributed by atoms with E-state index in [1.54, 1.807) is 42.0 Å². The van der Waals surface area contributed by atoms with Crippen molar-refractivity contribution in [2.75, 3.05) is 23.4 Å². The van der Waals surface area contributed by atoms with Gasteiger partial charge in [0.05, 0.1) is 34.5 Å². The van der Waals surface area contributed by atoms with Gasteiger partial charge in [0.15, 0.2) is 0 Å². The quantitative estimate of drug-likeness (QED) is 0.719. The second-order valence-electron chi connectivity index (χ2n) is 6.67. The normalized spacial score (nSPS) is 17.0. The minimum absolute atomic E-state index is 0.0445. The van der Waals surface area contributed by atoms with Crippen LogP contribution >= 0.6 is 0 Å². The van der Waals surface area contributed by atoms with Gasteiger partial charge in [-0.3, -0.25) is 14.4 Å². The Morgan fingerprint density at radius 2 is 1.89 bits per heavy atom. The number of aromatic amines is 1. The van der Waals surface area contributed by atoms with Crippen molar-refractivity contribution in [3.05, 3.63) is 64.7 Å². The van der Waals surface area contributed by atoms with Crippen LogP contribution in [0.4, 0.5) is 11.4 Å². The molecule has 1 N–H and O–H groups in total. The predicted molar refractivity (Wildman–Crippen MR) is 103 cm³/mol. The molecule has 2 aromatic carbocycles. The maximum atomic E-state index is 13.3. The molecule has 0 saturated heterocycles. The van der Waals surface area contributed by atoms with Crippen molar-refractivity contribution in [3.63, 3.8) is 0 Å². The average Bonchev–Trinajstić information content (AvgIpc) is 2.78. The number of nitrogens with one attached hydrogen (secondary N) is 1. The fourth-order valence-corrected chi connectivity index (χ4v) is 3.43. The lowest BCUT2D eigenvalue weighted by molar-refractivity contribution is -0.121. The van der Waals surface area contributed by atoms with Crippen LogP contribution in [0.15, 0.2) is 53.6 Å². The third-order valence-electron chi connectivity index (χ3n) is 4.88. The molecule has 2 amide bonds. The molecule has 2 heterocycles. The zero-order valence-corrected chi connectivity index (χ0v) is 15.0. The first kappa shape index (κ1) is 17.0. The van der Waals surface area contributed by atoms with Gasteiger partial charge >= 0.3 is 0 Å². The Kier molecular flexibility index (Phi) is 3.99. The standard InChI is InChI=1S/C20H18N4O3/c1-12-10-24(17-6-4-3-5-16(17)23(2)19(12)26)20(27)13-7-8-15-14(9-13)18(25)22-11-21-15/h3-9,11-12H,10H2,1-2H3,(H,21,22,25). The smallest absolute Gasteiger partial charge is 0.258 e. The van der Waals surface area contributed by atoms with Crippen molar-refractivity contribution >= 4 is 34.1 Å². The van der Waals surface area contributed by atoms with E-state index in [2.05, 4.69) is 9.97 Å². The number of benzene rings is 2. The predicted octanol–water partition coefficient (Wildman–Crippen LogP) is 2.18. The Morgan fingerprint density at radius 3 is 2.67 bits per heavy atom. The van der Waals surface area contributed by atoms with Crippen LogP contribution in [0.1, 0.15) is 17.3 Å². The number of H-pyrrole nitrogens is 1. The maximum absolute atomic E-state index is 13.3. The van der Waals surface area contributed by atoms with Gasteiger partial charge in [-0.05, 0) is 30.3 Å². The summed E-state index contributed by atoms with van der Waals surface area (Å²) in [5.41, 5.74) is 1.95. The van der Waals surface area contributed by atoms with Crippen molar-refractivity contribution in [1.29, 1.82) is 0 Å². The van der Waals surface area contributed by atoms with Gasteiger partial charge in [0, 0.05) is 19.2 Å². The lowest BCUT2D eigenvalue weighted by atomic mass is 10.1. The highest BCUT2D eigenvalue weighted by Crippen LogP contribution is 2.34. The number of hydrogen-bond donors (Lipinski definition) is 1. The van der Waals surface area contributed by atoms with Crippen molar-refractivity contribution in [2.24, 2.45) is 5.92 Å². The van der Waals surface area contributed by atoms with Crippen LogP contribution in [0.25, 0.3) is 10.9 Å². The molecule has 0 radical (unpaired) electrons. The molecule has 1 atom stereocenters. The third kappa shape index (κ3) is 2.77. The fraction of sp³-hybridized carbons (Fsp3) is 0.200. The summed E-state index contributed by atoms with van der Waals surface area (Å²) in [5, 5.41) is 0.354. The van der Waals surface area contributed by atoms with E-state index in [0.29, 0.717) is 27.8 Å². The summed E-state index contributed by atoms with van der Waals surface area (Å²) >= 11 is 0. The molecule has 27 heavy (non-hydrogen) atoms. The van der Waals surface area contributed by atoms with Crippen LogP contribution in [-0.2, 0) is 4.79 Å². The van der Waals surface area contributed by atoms with Crippen LogP contribution in [0.5, 0.6) is 0 Å². The Bertz CT molecular complexity index is 1120. The first-order valence-corrected chi connectivity index (χ1v) is 8.63. The van der Waals surface area contributed by atoms with Gasteiger partial charge < -0.3 is 14.8 Å². The summed E-state index contributed by atoms with van der Waals surface area (Å²) in [5.74, 6) is -0.656. The molecule has 0 saturated carbocycles. The Morgan fingerprint density at radius 1 is 1.15 bits per heavy atom. The summed E-state index contributed by atoms with van der Waals surface area (Å²) < 4.78 is 0. The van der Waals surface area contributed by atoms with Crippen molar-refractivity contribution in [2.45, 2.75) is 6.92 Å². The summed E-state index contributed by atoms with van der Waals surface area (Å²) in [6, 6.07) is 12.2. The molecular formula is C20H18N4O3. The largest absolute Gasteiger partial charge is 0.313 e. The maximum Gasteiger partial charge on any atom is 0.258 e. The monoisotopic (exact) mass is 362 g/mol. The van der Waals surface area contributed by atoms with E-state index in [4.69, 9.17) is 0 Å². The molecular weight excluding hydrogens is 344 g/mol. The number of amides is 2. The molecule has 1 aromatic heterocycles. The number of hydrogen-bond acceptors (Lipinski definition) is 4. The zero-order chi connectivity index (χ0) is 19.1. The molecule has 3 aromatic rings. The summed E-state index contributed by atoms with van der Waals surface area (Å²) in [7, 11) is 1.72. The third-order valence-corrected chi connectivity index (χ3v) is 4.88. The van der Waals surface area contributed by atoms with E-state index in [1.807, 2.05) is 24.3 Å². The van der Waals surface area contributed by atoms with Gasteiger partial charge in [-0.2, -0.15) is 0 Å². The summed E-state index contributed by atoms with van der Waals surface area (Å²) in [6.07, 6.45) is 1.33. The van der Waals surface area contributed by atoms with E-state index < -0.39 is 0 Å². The Balaban J connectivity index is 1.83. The number of rotatable bonds is 1. The molecule has 1 aliphatic heterocycles. The number of para-hydroxylation sites is 2. The number of nitrogens with zero attached hydrogens (tertiary/aromatic N) is 3. The van der Waals surface area contributed by atoms with Crippen LogP contribution < -0.4 is 15.4 Å². The number of anilines is 2. The van der Waals surface area contributed by atoms with Gasteiger partial charge in [0.1, 0.15) is 0 Å². The van der Waals surface area contributed by atoms with E-state index in [0.717, 1.165) is 0 Å². The molecule has 7 nitrogen and oxygen atoms in total. The highest BCUT2D eigenvalue weighted by Gasteiger charge is 2.32. The van der Waals surface area contributed by atoms with E-state index in [-0.39, 0.29) is 29.8 Å². The Hall–Kier alpha value is -3.48. The van der Waals surface area contributed by atoms with Crippen LogP contribution in [0.2, 0.25) is 0 Å². The number of carbonyl (C=O) groups is 2. The minimum Gasteiger partial charge on any atom is -0.313 e. The molecule has 1 unspecified atom stereocenters. The van der Waals surface area contributed by atoms with Crippen LogP contribution in [0.3, 0.4) is 0 Å². The van der Waals surface area contributed by atoms with E-state index in [1.165, 1.54) is 6.33 Å². The van der Waals surface area contributed by atoms with Gasteiger partial charge in [0.2, 0.25) is 5.91 Å². The Labute approximate surface area is 155 Å². The van der Waals surface area contributed by atoms with Crippen molar-refractivity contribution in [1.82, 2.24) is 9.97 Å². The molecule has 0 bridgehead atoms. The number of fused-ring (bicyclic) bond motifs is 2. The molecule has 1 aliphatic rings. The lowest BCUT2D eigenvalue weighted by Gasteiger charge is -2.24. The highest BCUT2D eigenvalue weighted by molar-refractivity contribution is 6.12. The highest BCUT2D eigenvalue weighted by atomic mass is 16.2. The fourth-order valence-electron chi connectivity index (χ4n) is 3.43. The van der Waals surface area contributed by atoms with Gasteiger partial charge in [-0.25, -0.2) is 4.98 Å². The molecule has 0 fully saturated rings. The molecule has 4 rings (SSSR count). The summed E-state index contributed by atoms with van der Waals surface area (Å²) in [6.45, 7) is 2.07. The van der Waals surface area contributed by atoms with Gasteiger partial charge in [-0.15, -0.1) is 0 Å². The molecule has 0 spiro atoms. The topological polar surface area (TPSA) is 86.4 Å². The first-order valence-electron chi connectivity index (χ1n) is 8.63. The molecule has 0 aliphatic carbocycles. The summed E-state index contributed by atoms with van der Waals surface area (Å²) in [4.78, 5) is 47.7. The first-order chi connectivity index (χ1) is 13.0. The van der Waals surface area contributed by atoms with E-state index >= 15 is 0 Å². The SMILES string of the molecule is CC1CN(C(=O)c2ccc3nc[nH]c(=O)c3c2)c2ccccc2N(C)C1=O. The second-order valence-corrected chi connectivity index (χ2v) is 6.67. The van der Waals surface area contributed by atoms with Crippen LogP contribution in [-0.4, -0.2) is 35.4 Å². The second kappa shape index (κ2) is 6.35. The average molecular weight is 362 g/mol. The van der Waals surface area contributed by atoms with Crippen LogP contribution in [0, 0.1) is 5.92 Å².